The summed E-state index contributed by atoms with van der Waals surface area (Å²) in [6.07, 6.45) is 0.647. The predicted octanol–water partition coefficient (Wildman–Crippen LogP) is -0.382. The Morgan fingerprint density at radius 3 is 2.79 bits per heavy atom. The number of amides is 2. The van der Waals surface area contributed by atoms with Gasteiger partial charge in [0.2, 0.25) is 0 Å². The maximum atomic E-state index is 12.3. The van der Waals surface area contributed by atoms with Crippen LogP contribution >= 0.6 is 0 Å². The Kier molecular flexibility index (Phi) is 2.80. The zero-order chi connectivity index (χ0) is 13.6. The molecule has 1 aliphatic rings. The van der Waals surface area contributed by atoms with E-state index in [0.29, 0.717) is 17.5 Å². The van der Waals surface area contributed by atoms with Crippen molar-refractivity contribution in [3.8, 4) is 0 Å². The van der Waals surface area contributed by atoms with Gasteiger partial charge in [0.25, 0.3) is 0 Å². The van der Waals surface area contributed by atoms with Crippen LogP contribution in [0.4, 0.5) is 5.69 Å². The number of nitrogens with one attached hydrogen (secondary N) is 1. The summed E-state index contributed by atoms with van der Waals surface area (Å²) >= 11 is -0.260. The Bertz CT molecular complexity index is 746. The number of piperidine rings is 1. The van der Waals surface area contributed by atoms with E-state index in [0.717, 1.165) is 4.26 Å². The van der Waals surface area contributed by atoms with E-state index in [1.54, 1.807) is 15.7 Å². The summed E-state index contributed by atoms with van der Waals surface area (Å²) in [5.74, 6) is -0.671. The molecule has 2 amide bonds. The molecule has 1 saturated heterocycles. The van der Waals surface area contributed by atoms with Crippen molar-refractivity contribution in [3.05, 3.63) is 28.6 Å². The summed E-state index contributed by atoms with van der Waals surface area (Å²) in [7, 11) is 0. The van der Waals surface area contributed by atoms with Crippen LogP contribution in [0.3, 0.4) is 0 Å². The number of rotatable bonds is 1. The van der Waals surface area contributed by atoms with Gasteiger partial charge in [0.1, 0.15) is 0 Å². The number of nitrogens with zero attached hydrogens (tertiary/aromatic N) is 1. The number of hydrogen-bond donors (Lipinski definition) is 2. The quantitative estimate of drug-likeness (QED) is 0.425. The van der Waals surface area contributed by atoms with E-state index in [2.05, 4.69) is 5.32 Å². The second-order valence-corrected chi connectivity index (χ2v) is 6.54. The molecule has 0 radical (unpaired) electrons. The summed E-state index contributed by atoms with van der Waals surface area (Å²) in [5.41, 5.74) is 6.06. The minimum atomic E-state index is -0.558. The Morgan fingerprint density at radius 1 is 1.32 bits per heavy atom. The monoisotopic (exact) mass is 325 g/mol. The number of nitrogen functional groups attached to an aromatic ring is 1. The van der Waals surface area contributed by atoms with Gasteiger partial charge in [-0.2, -0.15) is 0 Å². The molecule has 0 aliphatic carbocycles. The van der Waals surface area contributed by atoms with Crippen LogP contribution in [0.15, 0.2) is 23.0 Å². The van der Waals surface area contributed by atoms with Gasteiger partial charge in [-0.1, -0.05) is 0 Å². The first-order chi connectivity index (χ1) is 9.08. The third-order valence-corrected chi connectivity index (χ3v) is 5.58. The standard InChI is InChI=1S/C12H11N3O3Se/c13-6-2-1-3-8-10(6)12(18)15(19-8)7-4-5-9(16)14-11(7)17/h1-3,7H,4-5,13H2,(H,14,16,17). The molecule has 0 saturated carbocycles. The van der Waals surface area contributed by atoms with Crippen molar-refractivity contribution in [2.45, 2.75) is 18.9 Å². The van der Waals surface area contributed by atoms with Gasteiger partial charge in [-0.25, -0.2) is 0 Å². The molecule has 6 nitrogen and oxygen atoms in total. The third-order valence-electron chi connectivity index (χ3n) is 3.16. The molecular weight excluding hydrogens is 313 g/mol. The van der Waals surface area contributed by atoms with Crippen LogP contribution in [0.1, 0.15) is 18.9 Å². The Hall–Kier alpha value is -1.85. The molecule has 1 unspecified atom stereocenters. The van der Waals surface area contributed by atoms with Crippen LogP contribution in [0.25, 0.3) is 9.65 Å². The second kappa shape index (κ2) is 4.36. The maximum absolute atomic E-state index is 12.3. The van der Waals surface area contributed by atoms with Crippen LogP contribution in [-0.4, -0.2) is 30.1 Å². The van der Waals surface area contributed by atoms with Crippen molar-refractivity contribution in [2.24, 2.45) is 0 Å². The third kappa shape index (κ3) is 1.91. The van der Waals surface area contributed by atoms with Crippen LogP contribution in [-0.2, 0) is 9.59 Å². The molecule has 0 spiro atoms. The summed E-state index contributed by atoms with van der Waals surface area (Å²) in [6, 6.07) is 4.78. The number of benzene rings is 1. The fourth-order valence-electron chi connectivity index (χ4n) is 2.22. The molecule has 1 aromatic carbocycles. The Labute approximate surface area is 114 Å². The summed E-state index contributed by atoms with van der Waals surface area (Å²) in [5, 5.41) is 2.78. The number of carbonyl (C=O) groups excluding carboxylic acids is 2. The van der Waals surface area contributed by atoms with Crippen LogP contribution in [0.2, 0.25) is 0 Å². The predicted molar refractivity (Wildman–Crippen MR) is 71.0 cm³/mol. The second-order valence-electron chi connectivity index (χ2n) is 4.41. The van der Waals surface area contributed by atoms with E-state index in [-0.39, 0.29) is 32.6 Å². The van der Waals surface area contributed by atoms with Gasteiger partial charge >= 0.3 is 114 Å². The van der Waals surface area contributed by atoms with Gasteiger partial charge in [-0.15, -0.1) is 0 Å². The molecule has 1 fully saturated rings. The number of hydrogen-bond acceptors (Lipinski definition) is 4. The fraction of sp³-hybridized carbons (Fsp3) is 0.250. The van der Waals surface area contributed by atoms with Gasteiger partial charge < -0.3 is 0 Å². The van der Waals surface area contributed by atoms with Gasteiger partial charge in [0, 0.05) is 0 Å². The van der Waals surface area contributed by atoms with Gasteiger partial charge in [0.05, 0.1) is 0 Å². The molecule has 3 rings (SSSR count). The van der Waals surface area contributed by atoms with Crippen molar-refractivity contribution < 1.29 is 9.59 Å². The molecule has 0 bridgehead atoms. The molecule has 19 heavy (non-hydrogen) atoms. The summed E-state index contributed by atoms with van der Waals surface area (Å²) in [6.45, 7) is 0. The number of imide groups is 1. The molecule has 98 valence electrons. The number of fused-ring (bicyclic) bond motifs is 1. The molecule has 1 aliphatic heterocycles. The van der Waals surface area contributed by atoms with E-state index in [1.807, 2.05) is 6.07 Å². The van der Waals surface area contributed by atoms with Crippen molar-refractivity contribution in [1.82, 2.24) is 8.88 Å². The first-order valence-corrected chi connectivity index (χ1v) is 7.44. The summed E-state index contributed by atoms with van der Waals surface area (Å²) in [4.78, 5) is 35.3. The number of carbonyl (C=O) groups is 2. The normalized spacial score (nSPS) is 19.7. The minimum absolute atomic E-state index is 0.206. The number of aromatic nitrogens is 1. The Balaban J connectivity index is 2.14. The van der Waals surface area contributed by atoms with Gasteiger partial charge in [-0.3, -0.25) is 0 Å². The molecule has 3 N–H and O–H groups in total. The topological polar surface area (TPSA) is 94.2 Å². The zero-order valence-electron chi connectivity index (χ0n) is 9.88. The van der Waals surface area contributed by atoms with Crippen molar-refractivity contribution >= 4 is 41.9 Å². The average molecular weight is 324 g/mol. The first kappa shape index (κ1) is 12.2. The Morgan fingerprint density at radius 2 is 2.11 bits per heavy atom. The van der Waals surface area contributed by atoms with E-state index in [4.69, 9.17) is 5.73 Å². The van der Waals surface area contributed by atoms with Gasteiger partial charge in [0.15, 0.2) is 0 Å². The average Bonchev–Trinajstić information content (AvgIpc) is 2.68. The van der Waals surface area contributed by atoms with E-state index < -0.39 is 11.9 Å². The zero-order valence-corrected chi connectivity index (χ0v) is 11.6. The SMILES string of the molecule is Nc1cccc2[se]n(C3CCC(=O)NC3=O)c(=O)c12. The van der Waals surface area contributed by atoms with Crippen LogP contribution in [0, 0.1) is 0 Å². The van der Waals surface area contributed by atoms with E-state index in [9.17, 15) is 14.4 Å². The molecule has 2 heterocycles. The van der Waals surface area contributed by atoms with Crippen molar-refractivity contribution in [3.63, 3.8) is 0 Å². The first-order valence-electron chi connectivity index (χ1n) is 5.81. The number of anilines is 1. The molecule has 7 heteroatoms. The molecule has 1 aromatic heterocycles. The van der Waals surface area contributed by atoms with Crippen molar-refractivity contribution in [1.29, 1.82) is 0 Å². The van der Waals surface area contributed by atoms with Gasteiger partial charge in [-0.05, 0) is 0 Å². The van der Waals surface area contributed by atoms with Crippen LogP contribution in [0.5, 0.6) is 0 Å². The number of nitrogens with two attached hydrogens (primary N) is 1. The van der Waals surface area contributed by atoms with E-state index >= 15 is 0 Å². The van der Waals surface area contributed by atoms with E-state index in [1.165, 1.54) is 0 Å². The molecular formula is C12H11N3O3Se. The fourth-order valence-corrected chi connectivity index (χ4v) is 4.64. The van der Waals surface area contributed by atoms with Crippen LogP contribution < -0.4 is 16.6 Å². The van der Waals surface area contributed by atoms with Crippen molar-refractivity contribution in [2.75, 3.05) is 5.73 Å². The summed E-state index contributed by atoms with van der Waals surface area (Å²) < 4.78 is 2.44. The molecule has 1 atom stereocenters. The molecule has 2 aromatic rings.